The van der Waals surface area contributed by atoms with Gasteiger partial charge in [-0.05, 0) is 18.9 Å². The third kappa shape index (κ3) is 3.86. The maximum Gasteiger partial charge on any atom is 0.269 e. The molecule has 1 aliphatic heterocycles. The molecule has 0 spiro atoms. The monoisotopic (exact) mass is 293 g/mol. The number of allylic oxidation sites excluding steroid dienone is 1. The molecule has 0 amide bonds. The van der Waals surface area contributed by atoms with Gasteiger partial charge in [-0.3, -0.25) is 15.0 Å². The maximum atomic E-state index is 14.2. The van der Waals surface area contributed by atoms with E-state index in [1.54, 1.807) is 6.08 Å². The molecule has 0 saturated carbocycles. The Morgan fingerprint density at radius 3 is 2.81 bits per heavy atom. The number of nitrogens with one attached hydrogen (secondary N) is 1. The summed E-state index contributed by atoms with van der Waals surface area (Å²) in [7, 11) is 0. The molecule has 1 fully saturated rings. The van der Waals surface area contributed by atoms with Gasteiger partial charge in [0.1, 0.15) is 5.82 Å². The third-order valence-electron chi connectivity index (χ3n) is 3.79. The van der Waals surface area contributed by atoms with Gasteiger partial charge in [-0.1, -0.05) is 6.08 Å². The van der Waals surface area contributed by atoms with Crippen molar-refractivity contribution < 1.29 is 9.31 Å². The lowest BCUT2D eigenvalue weighted by Crippen LogP contribution is -2.45. The van der Waals surface area contributed by atoms with Crippen molar-refractivity contribution >= 4 is 5.69 Å². The van der Waals surface area contributed by atoms with Crippen molar-refractivity contribution in [3.05, 3.63) is 52.3 Å². The number of piperazine rings is 1. The van der Waals surface area contributed by atoms with E-state index < -0.39 is 4.92 Å². The summed E-state index contributed by atoms with van der Waals surface area (Å²) in [5.41, 5.74) is 0.345. The van der Waals surface area contributed by atoms with Crippen molar-refractivity contribution in [3.8, 4) is 0 Å². The zero-order chi connectivity index (χ0) is 15.2. The fourth-order valence-corrected chi connectivity index (χ4v) is 2.70. The molecule has 0 bridgehead atoms. The fraction of sp³-hybridized carbons (Fsp3) is 0.467. The number of nitrogens with zero attached hydrogens (tertiary/aromatic N) is 2. The minimum atomic E-state index is -0.481. The van der Waals surface area contributed by atoms with Crippen LogP contribution in [0.25, 0.3) is 0 Å². The van der Waals surface area contributed by atoms with Gasteiger partial charge >= 0.3 is 0 Å². The highest BCUT2D eigenvalue weighted by molar-refractivity contribution is 5.37. The van der Waals surface area contributed by atoms with Crippen LogP contribution in [0.2, 0.25) is 0 Å². The highest BCUT2D eigenvalue weighted by Crippen LogP contribution is 2.30. The molecule has 1 aliphatic rings. The minimum absolute atomic E-state index is 0.0647. The summed E-state index contributed by atoms with van der Waals surface area (Å²) in [4.78, 5) is 12.6. The van der Waals surface area contributed by atoms with Crippen molar-refractivity contribution in [3.63, 3.8) is 0 Å². The van der Waals surface area contributed by atoms with Gasteiger partial charge in [0.2, 0.25) is 0 Å². The topological polar surface area (TPSA) is 58.4 Å². The van der Waals surface area contributed by atoms with Crippen molar-refractivity contribution in [2.24, 2.45) is 0 Å². The van der Waals surface area contributed by atoms with E-state index in [9.17, 15) is 14.5 Å². The highest BCUT2D eigenvalue weighted by atomic mass is 19.1. The van der Waals surface area contributed by atoms with E-state index in [1.165, 1.54) is 18.2 Å². The molecule has 21 heavy (non-hydrogen) atoms. The van der Waals surface area contributed by atoms with E-state index in [0.29, 0.717) is 12.0 Å². The number of benzene rings is 1. The molecule has 1 aromatic carbocycles. The van der Waals surface area contributed by atoms with Crippen molar-refractivity contribution in [1.82, 2.24) is 10.2 Å². The molecule has 5 nitrogen and oxygen atoms in total. The van der Waals surface area contributed by atoms with Gasteiger partial charge < -0.3 is 5.32 Å². The quantitative estimate of drug-likeness (QED) is 0.497. The first kappa shape index (κ1) is 15.6. The van der Waals surface area contributed by atoms with Gasteiger partial charge in [-0.15, -0.1) is 6.58 Å². The molecule has 0 aromatic heterocycles. The molecule has 1 heterocycles. The van der Waals surface area contributed by atoms with E-state index >= 15 is 0 Å². The van der Waals surface area contributed by atoms with E-state index in [1.807, 2.05) is 0 Å². The van der Waals surface area contributed by atoms with Crippen LogP contribution in [0.4, 0.5) is 10.1 Å². The first-order chi connectivity index (χ1) is 10.1. The summed E-state index contributed by atoms with van der Waals surface area (Å²) in [5.74, 6) is -0.381. The lowest BCUT2D eigenvalue weighted by atomic mass is 9.98. The Bertz CT molecular complexity index is 516. The molecule has 0 unspecified atom stereocenters. The Kier molecular flexibility index (Phi) is 5.41. The molecule has 2 rings (SSSR count). The number of nitro groups is 1. The number of rotatable bonds is 6. The van der Waals surface area contributed by atoms with E-state index in [2.05, 4.69) is 16.8 Å². The number of non-ortho nitro benzene ring substituents is 1. The second kappa shape index (κ2) is 7.28. The second-order valence-corrected chi connectivity index (χ2v) is 5.13. The molecule has 1 saturated heterocycles. The highest BCUT2D eigenvalue weighted by Gasteiger charge is 2.25. The molecule has 0 aliphatic carbocycles. The SMILES string of the molecule is C=CCC[C@H](c1cc([N+](=O)[O-])ccc1F)N1CCNCC1. The molecule has 1 aromatic rings. The summed E-state index contributed by atoms with van der Waals surface area (Å²) in [6, 6.07) is 3.62. The second-order valence-electron chi connectivity index (χ2n) is 5.13. The predicted octanol–water partition coefficient (Wildman–Crippen LogP) is 2.65. The minimum Gasteiger partial charge on any atom is -0.314 e. The Balaban J connectivity index is 2.32. The van der Waals surface area contributed by atoms with Gasteiger partial charge in [-0.2, -0.15) is 0 Å². The van der Waals surface area contributed by atoms with Crippen LogP contribution in [-0.4, -0.2) is 36.0 Å². The van der Waals surface area contributed by atoms with Crippen molar-refractivity contribution in [1.29, 1.82) is 0 Å². The van der Waals surface area contributed by atoms with Gasteiger partial charge in [-0.25, -0.2) is 4.39 Å². The average Bonchev–Trinajstić information content (AvgIpc) is 2.50. The zero-order valence-corrected chi connectivity index (χ0v) is 11.9. The zero-order valence-electron chi connectivity index (χ0n) is 11.9. The number of nitro benzene ring substituents is 1. The van der Waals surface area contributed by atoms with Crippen molar-refractivity contribution in [2.45, 2.75) is 18.9 Å². The van der Waals surface area contributed by atoms with Gasteiger partial charge in [0, 0.05) is 49.9 Å². The van der Waals surface area contributed by atoms with Crippen LogP contribution in [0.1, 0.15) is 24.4 Å². The third-order valence-corrected chi connectivity index (χ3v) is 3.79. The standard InChI is InChI=1S/C15H20FN3O2/c1-2-3-4-15(18-9-7-17-8-10-18)13-11-12(19(20)21)5-6-14(13)16/h2,5-6,11,15,17H,1,3-4,7-10H2/t15-/m1/s1. The Morgan fingerprint density at radius 2 is 2.19 bits per heavy atom. The van der Waals surface area contributed by atoms with Gasteiger partial charge in [0.15, 0.2) is 0 Å². The van der Waals surface area contributed by atoms with Crippen LogP contribution in [0, 0.1) is 15.9 Å². The van der Waals surface area contributed by atoms with E-state index in [0.717, 1.165) is 32.6 Å². The summed E-state index contributed by atoms with van der Waals surface area (Å²) in [6.07, 6.45) is 3.25. The van der Waals surface area contributed by atoms with Crippen LogP contribution >= 0.6 is 0 Å². The van der Waals surface area contributed by atoms with Crippen LogP contribution < -0.4 is 5.32 Å². The average molecular weight is 293 g/mol. The van der Waals surface area contributed by atoms with Crippen LogP contribution in [0.3, 0.4) is 0 Å². The van der Waals surface area contributed by atoms with E-state index in [4.69, 9.17) is 0 Å². The fourth-order valence-electron chi connectivity index (χ4n) is 2.70. The number of hydrogen-bond acceptors (Lipinski definition) is 4. The molecule has 6 heteroatoms. The normalized spacial score (nSPS) is 17.4. The molecule has 1 N–H and O–H groups in total. The Morgan fingerprint density at radius 1 is 1.48 bits per heavy atom. The molecule has 0 radical (unpaired) electrons. The molecule has 114 valence electrons. The molecule has 1 atom stereocenters. The summed E-state index contributed by atoms with van der Waals surface area (Å²) < 4.78 is 14.2. The lowest BCUT2D eigenvalue weighted by molar-refractivity contribution is -0.385. The van der Waals surface area contributed by atoms with Crippen LogP contribution in [0.5, 0.6) is 0 Å². The first-order valence-electron chi connectivity index (χ1n) is 7.13. The van der Waals surface area contributed by atoms with Crippen molar-refractivity contribution in [2.75, 3.05) is 26.2 Å². The Hall–Kier alpha value is -1.79. The molecular formula is C15H20FN3O2. The van der Waals surface area contributed by atoms with Crippen LogP contribution in [-0.2, 0) is 0 Å². The van der Waals surface area contributed by atoms with Gasteiger partial charge in [0.25, 0.3) is 5.69 Å². The van der Waals surface area contributed by atoms with Gasteiger partial charge in [0.05, 0.1) is 4.92 Å². The molecular weight excluding hydrogens is 273 g/mol. The van der Waals surface area contributed by atoms with E-state index in [-0.39, 0.29) is 17.5 Å². The summed E-state index contributed by atoms with van der Waals surface area (Å²) in [6.45, 7) is 7.02. The summed E-state index contributed by atoms with van der Waals surface area (Å²) in [5, 5.41) is 14.2. The lowest BCUT2D eigenvalue weighted by Gasteiger charge is -2.35. The first-order valence-corrected chi connectivity index (χ1v) is 7.13. The number of halogens is 1. The Labute approximate surface area is 123 Å². The predicted molar refractivity (Wildman–Crippen MR) is 79.7 cm³/mol. The smallest absolute Gasteiger partial charge is 0.269 e. The largest absolute Gasteiger partial charge is 0.314 e. The van der Waals surface area contributed by atoms with Crippen LogP contribution in [0.15, 0.2) is 30.9 Å². The maximum absolute atomic E-state index is 14.2. The number of hydrogen-bond donors (Lipinski definition) is 1. The summed E-state index contributed by atoms with van der Waals surface area (Å²) >= 11 is 0.